The zero-order valence-electron chi connectivity index (χ0n) is 12.5. The van der Waals surface area contributed by atoms with E-state index in [0.717, 1.165) is 0 Å². The summed E-state index contributed by atoms with van der Waals surface area (Å²) in [4.78, 5) is 12.4. The molecular formula is C16H13ClN2O4. The topological polar surface area (TPSA) is 78.4 Å². The van der Waals surface area contributed by atoms with E-state index >= 15 is 0 Å². The van der Waals surface area contributed by atoms with Crippen LogP contribution in [0.2, 0.25) is 5.02 Å². The highest BCUT2D eigenvalue weighted by atomic mass is 35.5. The first-order valence-electron chi connectivity index (χ1n) is 6.86. The van der Waals surface area contributed by atoms with Crippen molar-refractivity contribution < 1.29 is 18.6 Å². The van der Waals surface area contributed by atoms with E-state index in [2.05, 4.69) is 10.3 Å². The van der Waals surface area contributed by atoms with Crippen molar-refractivity contribution in [3.05, 3.63) is 58.1 Å². The minimum atomic E-state index is -0.556. The van der Waals surface area contributed by atoms with Gasteiger partial charge in [-0.25, -0.2) is 4.79 Å². The molecule has 0 atom stereocenters. The van der Waals surface area contributed by atoms with Crippen LogP contribution < -0.4 is 0 Å². The Labute approximate surface area is 137 Å². The third kappa shape index (κ3) is 3.12. The Hall–Kier alpha value is -2.60. The largest absolute Gasteiger partial charge is 0.455 e. The molecule has 2 aromatic heterocycles. The normalized spacial score (nSPS) is 10.7. The molecule has 0 saturated carbocycles. The molecule has 0 spiro atoms. The highest BCUT2D eigenvalue weighted by molar-refractivity contribution is 6.33. The van der Waals surface area contributed by atoms with Gasteiger partial charge in [0.25, 0.3) is 0 Å². The maximum absolute atomic E-state index is 12.4. The fourth-order valence-corrected chi connectivity index (χ4v) is 2.37. The number of carbonyl (C=O) groups is 1. The lowest BCUT2D eigenvalue weighted by Crippen LogP contribution is -2.07. The molecule has 0 N–H and O–H groups in total. The summed E-state index contributed by atoms with van der Waals surface area (Å²) >= 11 is 6.16. The number of aryl methyl sites for hydroxylation is 2. The first kappa shape index (κ1) is 15.3. The smallest absolute Gasteiger partial charge is 0.344 e. The van der Waals surface area contributed by atoms with Crippen molar-refractivity contribution in [2.45, 2.75) is 20.5 Å². The van der Waals surface area contributed by atoms with Crippen LogP contribution in [-0.2, 0) is 11.3 Å². The van der Waals surface area contributed by atoms with Gasteiger partial charge >= 0.3 is 5.97 Å². The van der Waals surface area contributed by atoms with Crippen LogP contribution in [0.15, 0.2) is 39.4 Å². The number of rotatable bonds is 4. The number of carbonyl (C=O) groups excluding carboxylic acids is 1. The molecule has 118 valence electrons. The molecule has 6 nitrogen and oxygen atoms in total. The lowest BCUT2D eigenvalue weighted by Gasteiger charge is -2.04. The second-order valence-corrected chi connectivity index (χ2v) is 5.35. The summed E-state index contributed by atoms with van der Waals surface area (Å²) in [7, 11) is 0. The fraction of sp³-hybridized carbons (Fsp3) is 0.188. The van der Waals surface area contributed by atoms with Gasteiger partial charge in [0, 0.05) is 11.6 Å². The van der Waals surface area contributed by atoms with E-state index in [1.165, 1.54) is 0 Å². The molecular weight excluding hydrogens is 320 g/mol. The predicted molar refractivity (Wildman–Crippen MR) is 82.0 cm³/mol. The molecule has 3 rings (SSSR count). The van der Waals surface area contributed by atoms with Gasteiger partial charge in [0.15, 0.2) is 0 Å². The molecule has 0 aliphatic heterocycles. The van der Waals surface area contributed by atoms with Crippen molar-refractivity contribution in [3.8, 4) is 11.3 Å². The number of ether oxygens (including phenoxy) is 1. The van der Waals surface area contributed by atoms with Gasteiger partial charge in [0.2, 0.25) is 0 Å². The highest BCUT2D eigenvalue weighted by Gasteiger charge is 2.24. The monoisotopic (exact) mass is 332 g/mol. The predicted octanol–water partition coefficient (Wildman–Crippen LogP) is 3.96. The quantitative estimate of drug-likeness (QED) is 0.673. The molecule has 0 fully saturated rings. The van der Waals surface area contributed by atoms with E-state index in [1.807, 2.05) is 0 Å². The average molecular weight is 333 g/mol. The van der Waals surface area contributed by atoms with Crippen LogP contribution in [0, 0.1) is 13.8 Å². The van der Waals surface area contributed by atoms with Crippen LogP contribution >= 0.6 is 11.6 Å². The van der Waals surface area contributed by atoms with E-state index in [9.17, 15) is 4.79 Å². The van der Waals surface area contributed by atoms with Gasteiger partial charge in [-0.2, -0.15) is 0 Å². The Morgan fingerprint density at radius 1 is 1.22 bits per heavy atom. The fourth-order valence-electron chi connectivity index (χ4n) is 2.15. The second kappa shape index (κ2) is 6.26. The molecule has 3 aromatic rings. The van der Waals surface area contributed by atoms with Gasteiger partial charge < -0.3 is 13.8 Å². The number of hydrogen-bond acceptors (Lipinski definition) is 6. The molecule has 7 heteroatoms. The van der Waals surface area contributed by atoms with Crippen LogP contribution in [0.25, 0.3) is 11.3 Å². The maximum Gasteiger partial charge on any atom is 0.344 e. The molecule has 0 aliphatic rings. The van der Waals surface area contributed by atoms with Crippen LogP contribution in [0.5, 0.6) is 0 Å². The van der Waals surface area contributed by atoms with Crippen molar-refractivity contribution >= 4 is 17.6 Å². The molecule has 0 aliphatic carbocycles. The molecule has 0 bridgehead atoms. The summed E-state index contributed by atoms with van der Waals surface area (Å²) < 4.78 is 15.3. The molecule has 0 saturated heterocycles. The number of esters is 1. The molecule has 1 aromatic carbocycles. The van der Waals surface area contributed by atoms with Gasteiger partial charge in [-0.05, 0) is 19.9 Å². The standard InChI is InChI=1S/C16H13ClN2O4/c1-9-7-11(18-22-9)8-21-16(20)14-10(2)23-19-15(14)12-5-3-4-6-13(12)17/h3-7H,8H2,1-2H3. The van der Waals surface area contributed by atoms with Gasteiger partial charge in [-0.3, -0.25) is 0 Å². The summed E-state index contributed by atoms with van der Waals surface area (Å²) in [6.07, 6.45) is 0. The maximum atomic E-state index is 12.4. The minimum Gasteiger partial charge on any atom is -0.455 e. The Balaban J connectivity index is 1.86. The highest BCUT2D eigenvalue weighted by Crippen LogP contribution is 2.31. The van der Waals surface area contributed by atoms with E-state index in [1.54, 1.807) is 44.2 Å². The van der Waals surface area contributed by atoms with Crippen molar-refractivity contribution in [2.24, 2.45) is 0 Å². The summed E-state index contributed by atoms with van der Waals surface area (Å²) in [6, 6.07) is 8.77. The lowest BCUT2D eigenvalue weighted by molar-refractivity contribution is 0.0463. The summed E-state index contributed by atoms with van der Waals surface area (Å²) in [6.45, 7) is 3.41. The van der Waals surface area contributed by atoms with E-state index < -0.39 is 5.97 Å². The number of benzene rings is 1. The molecule has 2 heterocycles. The molecule has 0 radical (unpaired) electrons. The van der Waals surface area contributed by atoms with Gasteiger partial charge in [-0.1, -0.05) is 40.1 Å². The first-order chi connectivity index (χ1) is 11.1. The zero-order valence-corrected chi connectivity index (χ0v) is 13.3. The SMILES string of the molecule is Cc1cc(COC(=O)c2c(-c3ccccc3Cl)noc2C)no1. The average Bonchev–Trinajstić information content (AvgIpc) is 3.11. The van der Waals surface area contributed by atoms with Crippen LogP contribution in [0.4, 0.5) is 0 Å². The second-order valence-electron chi connectivity index (χ2n) is 4.95. The van der Waals surface area contributed by atoms with Gasteiger partial charge in [-0.15, -0.1) is 0 Å². The number of aromatic nitrogens is 2. The van der Waals surface area contributed by atoms with Crippen LogP contribution in [0.3, 0.4) is 0 Å². The van der Waals surface area contributed by atoms with Crippen LogP contribution in [0.1, 0.15) is 27.6 Å². The van der Waals surface area contributed by atoms with E-state index in [4.69, 9.17) is 25.4 Å². The van der Waals surface area contributed by atoms with Crippen molar-refractivity contribution in [1.29, 1.82) is 0 Å². The first-order valence-corrected chi connectivity index (χ1v) is 7.24. The Morgan fingerprint density at radius 3 is 2.70 bits per heavy atom. The number of hydrogen-bond donors (Lipinski definition) is 0. The van der Waals surface area contributed by atoms with E-state index in [-0.39, 0.29) is 12.2 Å². The third-order valence-corrected chi connectivity index (χ3v) is 3.55. The van der Waals surface area contributed by atoms with E-state index in [0.29, 0.717) is 33.5 Å². The van der Waals surface area contributed by atoms with Crippen molar-refractivity contribution in [1.82, 2.24) is 10.3 Å². The minimum absolute atomic E-state index is 0.00273. The van der Waals surface area contributed by atoms with Gasteiger partial charge in [0.1, 0.15) is 35.1 Å². The van der Waals surface area contributed by atoms with Crippen LogP contribution in [-0.4, -0.2) is 16.3 Å². The lowest BCUT2D eigenvalue weighted by atomic mass is 10.1. The third-order valence-electron chi connectivity index (χ3n) is 3.22. The summed E-state index contributed by atoms with van der Waals surface area (Å²) in [5.74, 6) is 0.453. The summed E-state index contributed by atoms with van der Waals surface area (Å²) in [5, 5.41) is 8.18. The number of nitrogens with zero attached hydrogens (tertiary/aromatic N) is 2. The Morgan fingerprint density at radius 2 is 2.00 bits per heavy atom. The van der Waals surface area contributed by atoms with Crippen molar-refractivity contribution in [2.75, 3.05) is 0 Å². The van der Waals surface area contributed by atoms with Crippen molar-refractivity contribution in [3.63, 3.8) is 0 Å². The zero-order chi connectivity index (χ0) is 16.4. The number of halogens is 1. The Bertz CT molecular complexity index is 853. The summed E-state index contributed by atoms with van der Waals surface area (Å²) in [5.41, 5.74) is 1.74. The molecule has 23 heavy (non-hydrogen) atoms. The Kier molecular flexibility index (Phi) is 4.16. The molecule has 0 unspecified atom stereocenters. The molecule has 0 amide bonds. The van der Waals surface area contributed by atoms with Gasteiger partial charge in [0.05, 0.1) is 5.02 Å².